The maximum atomic E-state index is 12.5. The van der Waals surface area contributed by atoms with E-state index in [9.17, 15) is 9.59 Å². The quantitative estimate of drug-likeness (QED) is 0.781. The third-order valence-corrected chi connectivity index (χ3v) is 4.66. The highest BCUT2D eigenvalue weighted by Crippen LogP contribution is 2.37. The van der Waals surface area contributed by atoms with Crippen molar-refractivity contribution in [3.05, 3.63) is 52.6 Å². The first-order valence-electron chi connectivity index (χ1n) is 8.93. The Kier molecular flexibility index (Phi) is 5.04. The second-order valence-electron chi connectivity index (χ2n) is 7.06. The van der Waals surface area contributed by atoms with E-state index in [2.05, 4.69) is 30.5 Å². The van der Waals surface area contributed by atoms with Crippen LogP contribution in [0.4, 0.5) is 11.4 Å². The molecule has 27 heavy (non-hydrogen) atoms. The van der Waals surface area contributed by atoms with Gasteiger partial charge in [0.1, 0.15) is 5.75 Å². The molecule has 0 bridgehead atoms. The van der Waals surface area contributed by atoms with Crippen molar-refractivity contribution in [2.24, 2.45) is 0 Å². The van der Waals surface area contributed by atoms with Crippen molar-refractivity contribution in [3.8, 4) is 5.75 Å². The lowest BCUT2D eigenvalue weighted by Crippen LogP contribution is -2.06. The fraction of sp³-hybridized carbons (Fsp3) is 0.273. The minimum atomic E-state index is -0.148. The molecule has 0 fully saturated rings. The van der Waals surface area contributed by atoms with E-state index in [0.29, 0.717) is 22.9 Å². The molecule has 140 valence electrons. The van der Waals surface area contributed by atoms with Crippen LogP contribution in [0.2, 0.25) is 0 Å². The van der Waals surface area contributed by atoms with Gasteiger partial charge >= 0.3 is 0 Å². The molecular weight excluding hydrogens is 340 g/mol. The van der Waals surface area contributed by atoms with Crippen LogP contribution in [0.3, 0.4) is 0 Å². The van der Waals surface area contributed by atoms with Crippen LogP contribution in [-0.4, -0.2) is 18.9 Å². The van der Waals surface area contributed by atoms with Crippen LogP contribution in [0.1, 0.15) is 48.9 Å². The Morgan fingerprint density at radius 3 is 2.59 bits per heavy atom. The summed E-state index contributed by atoms with van der Waals surface area (Å²) >= 11 is 0. The van der Waals surface area contributed by atoms with E-state index in [1.807, 2.05) is 25.1 Å². The number of hydrogen-bond donors (Lipinski definition) is 2. The summed E-state index contributed by atoms with van der Waals surface area (Å²) in [5, 5.41) is 5.61. The van der Waals surface area contributed by atoms with Gasteiger partial charge in [-0.1, -0.05) is 19.9 Å². The van der Waals surface area contributed by atoms with E-state index in [1.165, 1.54) is 6.92 Å². The second-order valence-corrected chi connectivity index (χ2v) is 7.06. The molecule has 2 N–H and O–H groups in total. The minimum Gasteiger partial charge on any atom is -0.496 e. The highest BCUT2D eigenvalue weighted by molar-refractivity contribution is 6.35. The monoisotopic (exact) mass is 364 g/mol. The summed E-state index contributed by atoms with van der Waals surface area (Å²) in [7, 11) is 1.67. The zero-order valence-electron chi connectivity index (χ0n) is 16.3. The normalized spacial score (nSPS) is 14.3. The van der Waals surface area contributed by atoms with Gasteiger partial charge in [-0.25, -0.2) is 0 Å². The number of ether oxygens (including phenoxy) is 1. The molecule has 3 rings (SSSR count). The Labute approximate surface area is 159 Å². The molecule has 0 spiro atoms. The lowest BCUT2D eigenvalue weighted by Gasteiger charge is -2.15. The van der Waals surface area contributed by atoms with Crippen molar-refractivity contribution in [2.75, 3.05) is 17.7 Å². The van der Waals surface area contributed by atoms with Crippen molar-refractivity contribution in [2.45, 2.75) is 33.6 Å². The van der Waals surface area contributed by atoms with Gasteiger partial charge in [0, 0.05) is 23.7 Å². The largest absolute Gasteiger partial charge is 0.496 e. The van der Waals surface area contributed by atoms with Crippen molar-refractivity contribution >= 4 is 34.8 Å². The minimum absolute atomic E-state index is 0.147. The van der Waals surface area contributed by atoms with E-state index >= 15 is 0 Å². The summed E-state index contributed by atoms with van der Waals surface area (Å²) < 4.78 is 5.50. The Hall–Kier alpha value is -3.08. The van der Waals surface area contributed by atoms with Gasteiger partial charge in [0.25, 0.3) is 5.91 Å². The molecule has 1 heterocycles. The van der Waals surface area contributed by atoms with Gasteiger partial charge in [-0.3, -0.25) is 9.59 Å². The predicted octanol–water partition coefficient (Wildman–Crippen LogP) is 4.58. The average Bonchev–Trinajstić information content (AvgIpc) is 2.90. The fourth-order valence-electron chi connectivity index (χ4n) is 3.27. The molecule has 1 aliphatic rings. The molecule has 0 atom stereocenters. The van der Waals surface area contributed by atoms with E-state index in [4.69, 9.17) is 4.74 Å². The average molecular weight is 364 g/mol. The van der Waals surface area contributed by atoms with Crippen LogP contribution in [0, 0.1) is 6.92 Å². The van der Waals surface area contributed by atoms with Crippen LogP contribution in [0.5, 0.6) is 5.75 Å². The van der Waals surface area contributed by atoms with Crippen molar-refractivity contribution < 1.29 is 14.3 Å². The lowest BCUT2D eigenvalue weighted by molar-refractivity contribution is -0.114. The van der Waals surface area contributed by atoms with Gasteiger partial charge in [0.15, 0.2) is 0 Å². The van der Waals surface area contributed by atoms with Crippen LogP contribution in [-0.2, 0) is 9.59 Å². The van der Waals surface area contributed by atoms with Gasteiger partial charge in [0.2, 0.25) is 5.91 Å². The number of aryl methyl sites for hydroxylation is 1. The van der Waals surface area contributed by atoms with E-state index in [-0.39, 0.29) is 11.8 Å². The van der Waals surface area contributed by atoms with Crippen LogP contribution in [0.25, 0.3) is 11.6 Å². The van der Waals surface area contributed by atoms with Crippen LogP contribution >= 0.6 is 0 Å². The molecule has 2 amide bonds. The first kappa shape index (κ1) is 18.7. The van der Waals surface area contributed by atoms with Crippen LogP contribution in [0.15, 0.2) is 30.3 Å². The van der Waals surface area contributed by atoms with Gasteiger partial charge in [-0.15, -0.1) is 0 Å². The summed E-state index contributed by atoms with van der Waals surface area (Å²) in [6.45, 7) is 7.69. The molecule has 5 nitrogen and oxygen atoms in total. The maximum absolute atomic E-state index is 12.5. The summed E-state index contributed by atoms with van der Waals surface area (Å²) in [6.07, 6.45) is 1.92. The van der Waals surface area contributed by atoms with Gasteiger partial charge in [-0.05, 0) is 59.9 Å². The molecule has 2 aromatic carbocycles. The predicted molar refractivity (Wildman–Crippen MR) is 109 cm³/mol. The lowest BCUT2D eigenvalue weighted by atomic mass is 9.94. The van der Waals surface area contributed by atoms with Gasteiger partial charge in [0.05, 0.1) is 12.8 Å². The summed E-state index contributed by atoms with van der Waals surface area (Å²) in [6, 6.07) is 9.52. The van der Waals surface area contributed by atoms with E-state index in [1.54, 1.807) is 19.2 Å². The van der Waals surface area contributed by atoms with Gasteiger partial charge in [-0.2, -0.15) is 0 Å². The third-order valence-electron chi connectivity index (χ3n) is 4.66. The Morgan fingerprint density at radius 2 is 1.96 bits per heavy atom. The Morgan fingerprint density at radius 1 is 1.22 bits per heavy atom. The summed E-state index contributed by atoms with van der Waals surface area (Å²) in [4.78, 5) is 23.8. The molecule has 0 aliphatic carbocycles. The molecule has 0 saturated carbocycles. The van der Waals surface area contributed by atoms with Crippen molar-refractivity contribution in [1.29, 1.82) is 0 Å². The Bertz CT molecular complexity index is 958. The van der Waals surface area contributed by atoms with Crippen molar-refractivity contribution in [3.63, 3.8) is 0 Å². The molecule has 5 heteroatoms. The standard InChI is InChI=1S/C22H24N2O3/c1-12(2)18-9-15(13(3)8-21(18)27-5)10-19-17-7-6-16(23-14(4)25)11-20(17)24-22(19)26/h6-12H,1-5H3,(H,23,25)(H,24,26)/b19-10+. The van der Waals surface area contributed by atoms with E-state index in [0.717, 1.165) is 28.0 Å². The zero-order valence-corrected chi connectivity index (χ0v) is 16.3. The molecular formula is C22H24N2O3. The maximum Gasteiger partial charge on any atom is 0.256 e. The Balaban J connectivity index is 2.05. The summed E-state index contributed by atoms with van der Waals surface area (Å²) in [5.74, 6) is 0.875. The SMILES string of the molecule is COc1cc(C)c(/C=C2/C(=O)Nc3cc(NC(C)=O)ccc32)cc1C(C)C. The molecule has 1 aliphatic heterocycles. The highest BCUT2D eigenvalue weighted by atomic mass is 16.5. The third kappa shape index (κ3) is 3.72. The first-order valence-corrected chi connectivity index (χ1v) is 8.93. The topological polar surface area (TPSA) is 67.4 Å². The molecule has 2 aromatic rings. The fourth-order valence-corrected chi connectivity index (χ4v) is 3.27. The van der Waals surface area contributed by atoms with Crippen LogP contribution < -0.4 is 15.4 Å². The molecule has 0 saturated heterocycles. The number of hydrogen-bond acceptors (Lipinski definition) is 3. The highest BCUT2D eigenvalue weighted by Gasteiger charge is 2.25. The van der Waals surface area contributed by atoms with Crippen molar-refractivity contribution in [1.82, 2.24) is 0 Å². The number of carbonyl (C=O) groups excluding carboxylic acids is 2. The first-order chi connectivity index (χ1) is 12.8. The van der Waals surface area contributed by atoms with Gasteiger partial charge < -0.3 is 15.4 Å². The molecule has 0 aromatic heterocycles. The van der Waals surface area contributed by atoms with E-state index < -0.39 is 0 Å². The number of anilines is 2. The smallest absolute Gasteiger partial charge is 0.256 e. The number of fused-ring (bicyclic) bond motifs is 1. The number of rotatable bonds is 4. The number of carbonyl (C=O) groups is 2. The number of amides is 2. The summed E-state index contributed by atoms with van der Waals surface area (Å²) in [5.41, 5.74) is 5.94. The number of nitrogens with one attached hydrogen (secondary N) is 2. The second kappa shape index (κ2) is 7.27. The number of benzene rings is 2. The zero-order chi connectivity index (χ0) is 19.7. The molecule has 0 unspecified atom stereocenters. The number of methoxy groups -OCH3 is 1. The molecule has 0 radical (unpaired) electrons.